The third-order valence-corrected chi connectivity index (χ3v) is 6.20. The minimum atomic E-state index is -0.103. The van der Waals surface area contributed by atoms with E-state index in [9.17, 15) is 4.79 Å². The van der Waals surface area contributed by atoms with Crippen LogP contribution in [0.2, 0.25) is 0 Å². The number of fused-ring (bicyclic) bond motifs is 1. The fraction of sp³-hybridized carbons (Fsp3) is 0.143. The smallest absolute Gasteiger partial charge is 0.281 e. The van der Waals surface area contributed by atoms with E-state index in [0.717, 1.165) is 17.3 Å². The topological polar surface area (TPSA) is 26.8 Å². The second-order valence-electron chi connectivity index (χ2n) is 6.19. The molecule has 4 nitrogen and oxygen atoms in total. The molecule has 2 aromatic rings. The Morgan fingerprint density at radius 1 is 1.04 bits per heavy atom. The van der Waals surface area contributed by atoms with E-state index < -0.39 is 0 Å². The second kappa shape index (κ2) is 7.21. The van der Waals surface area contributed by atoms with E-state index in [1.807, 2.05) is 61.7 Å². The molecule has 2 aliphatic rings. The molecule has 0 bridgehead atoms. The number of rotatable bonds is 3. The molecule has 2 aromatic carbocycles. The zero-order valence-corrected chi connectivity index (χ0v) is 16.8. The molecule has 1 fully saturated rings. The fourth-order valence-electron chi connectivity index (χ4n) is 3.24. The predicted octanol–water partition coefficient (Wildman–Crippen LogP) is 4.61. The number of benzene rings is 2. The summed E-state index contributed by atoms with van der Waals surface area (Å²) in [6.07, 6.45) is 3.88. The van der Waals surface area contributed by atoms with Crippen molar-refractivity contribution < 1.29 is 4.79 Å². The number of thiocarbonyl (C=S) groups is 1. The van der Waals surface area contributed by atoms with Gasteiger partial charge in [-0.25, -0.2) is 0 Å². The van der Waals surface area contributed by atoms with Gasteiger partial charge in [0.1, 0.15) is 5.70 Å². The Kier molecular flexibility index (Phi) is 4.76. The van der Waals surface area contributed by atoms with Crippen molar-refractivity contribution >= 4 is 46.4 Å². The maximum atomic E-state index is 13.0. The van der Waals surface area contributed by atoms with E-state index in [4.69, 9.17) is 12.2 Å². The van der Waals surface area contributed by atoms with Gasteiger partial charge in [0, 0.05) is 18.5 Å². The van der Waals surface area contributed by atoms with Crippen molar-refractivity contribution in [2.45, 2.75) is 11.8 Å². The number of carbonyl (C=O) groups excluding carboxylic acids is 1. The van der Waals surface area contributed by atoms with Crippen LogP contribution >= 0.6 is 24.0 Å². The van der Waals surface area contributed by atoms with E-state index >= 15 is 0 Å². The van der Waals surface area contributed by atoms with Gasteiger partial charge in [-0.2, -0.15) is 0 Å². The zero-order chi connectivity index (χ0) is 19.0. The van der Waals surface area contributed by atoms with Gasteiger partial charge in [-0.3, -0.25) is 9.69 Å². The summed E-state index contributed by atoms with van der Waals surface area (Å²) in [7, 11) is 1.83. The van der Waals surface area contributed by atoms with Gasteiger partial charge < -0.3 is 9.80 Å². The first kappa shape index (κ1) is 17.8. The van der Waals surface area contributed by atoms with Crippen molar-refractivity contribution in [1.82, 2.24) is 4.90 Å². The van der Waals surface area contributed by atoms with Crippen LogP contribution in [0.1, 0.15) is 6.92 Å². The normalized spacial score (nSPS) is 19.6. The third kappa shape index (κ3) is 3.05. The average Bonchev–Trinajstić information content (AvgIpc) is 3.15. The van der Waals surface area contributed by atoms with Crippen molar-refractivity contribution in [3.63, 3.8) is 0 Å². The first-order valence-corrected chi connectivity index (χ1v) is 9.98. The van der Waals surface area contributed by atoms with Gasteiger partial charge >= 0.3 is 0 Å². The number of carbonyl (C=O) groups is 1. The van der Waals surface area contributed by atoms with Crippen LogP contribution in [-0.4, -0.2) is 29.5 Å². The zero-order valence-electron chi connectivity index (χ0n) is 15.1. The van der Waals surface area contributed by atoms with Crippen LogP contribution in [0.25, 0.3) is 0 Å². The van der Waals surface area contributed by atoms with Crippen LogP contribution in [0, 0.1) is 0 Å². The molecule has 1 saturated heterocycles. The predicted molar refractivity (Wildman–Crippen MR) is 116 cm³/mol. The van der Waals surface area contributed by atoms with E-state index in [0.29, 0.717) is 10.8 Å². The summed E-state index contributed by atoms with van der Waals surface area (Å²) in [6, 6.07) is 17.9. The molecule has 0 saturated carbocycles. The molecule has 136 valence electrons. The van der Waals surface area contributed by atoms with Crippen molar-refractivity contribution in [2.24, 2.45) is 0 Å². The lowest BCUT2D eigenvalue weighted by Gasteiger charge is -2.17. The summed E-state index contributed by atoms with van der Waals surface area (Å²) in [4.78, 5) is 19.8. The Bertz CT molecular complexity index is 968. The van der Waals surface area contributed by atoms with Crippen molar-refractivity contribution in [2.75, 3.05) is 23.4 Å². The number of hydrogen-bond donors (Lipinski definition) is 0. The summed E-state index contributed by atoms with van der Waals surface area (Å²) in [5, 5.41) is 1.60. The van der Waals surface area contributed by atoms with Crippen molar-refractivity contribution in [3.8, 4) is 0 Å². The Morgan fingerprint density at radius 2 is 1.74 bits per heavy atom. The van der Waals surface area contributed by atoms with Crippen LogP contribution < -0.4 is 9.80 Å². The Morgan fingerprint density at radius 3 is 2.48 bits per heavy atom. The van der Waals surface area contributed by atoms with Crippen molar-refractivity contribution in [3.05, 3.63) is 77.5 Å². The minimum Gasteiger partial charge on any atom is -0.335 e. The molecule has 1 amide bonds. The molecule has 0 aromatic heterocycles. The van der Waals surface area contributed by atoms with Gasteiger partial charge in [0.05, 0.1) is 16.4 Å². The highest BCUT2D eigenvalue weighted by atomic mass is 32.2. The largest absolute Gasteiger partial charge is 0.335 e. The summed E-state index contributed by atoms with van der Waals surface area (Å²) in [5.41, 5.74) is 2.57. The Hall–Kier alpha value is -2.57. The molecule has 27 heavy (non-hydrogen) atoms. The lowest BCUT2D eigenvalue weighted by atomic mass is 10.3. The van der Waals surface area contributed by atoms with Crippen LogP contribution in [0.3, 0.4) is 0 Å². The number of amides is 1. The minimum absolute atomic E-state index is 0.103. The summed E-state index contributed by atoms with van der Waals surface area (Å²) < 4.78 is 0. The average molecular weight is 394 g/mol. The molecule has 4 rings (SSSR count). The molecule has 0 unspecified atom stereocenters. The van der Waals surface area contributed by atoms with E-state index in [1.54, 1.807) is 21.6 Å². The number of thioether (sulfide) groups is 1. The van der Waals surface area contributed by atoms with E-state index in [2.05, 4.69) is 24.0 Å². The van der Waals surface area contributed by atoms with Gasteiger partial charge in [0.15, 0.2) is 5.11 Å². The summed E-state index contributed by atoms with van der Waals surface area (Å²) in [5.74, 6) is -0.103. The maximum Gasteiger partial charge on any atom is 0.281 e. The number of likely N-dealkylation sites (N-methyl/N-ethyl adjacent to an activating group) is 1. The number of hydrogen-bond acceptors (Lipinski definition) is 4. The molecule has 0 spiro atoms. The number of nitrogens with zero attached hydrogens (tertiary/aromatic N) is 3. The Labute approximate surface area is 168 Å². The molecule has 0 atom stereocenters. The standard InChI is InChI=1S/C21H19N3OS2/c1-3-23-16-11-7-8-12-18(16)27-19(23)14-13-17-20(25)24(21(26)22(17)2)15-9-5-4-6-10-15/h4-14H,3H2,1-2H3. The molecular weight excluding hydrogens is 374 g/mol. The maximum absolute atomic E-state index is 13.0. The highest BCUT2D eigenvalue weighted by Gasteiger charge is 2.36. The lowest BCUT2D eigenvalue weighted by Crippen LogP contribution is -2.30. The highest BCUT2D eigenvalue weighted by Crippen LogP contribution is 2.45. The second-order valence-corrected chi connectivity index (χ2v) is 7.62. The van der Waals surface area contributed by atoms with Crippen molar-refractivity contribution in [1.29, 1.82) is 0 Å². The number of anilines is 2. The fourth-order valence-corrected chi connectivity index (χ4v) is 4.65. The summed E-state index contributed by atoms with van der Waals surface area (Å²) >= 11 is 7.22. The first-order valence-electron chi connectivity index (χ1n) is 8.75. The lowest BCUT2D eigenvalue weighted by molar-refractivity contribution is -0.114. The third-order valence-electron chi connectivity index (χ3n) is 4.61. The summed E-state index contributed by atoms with van der Waals surface area (Å²) in [6.45, 7) is 3.00. The van der Waals surface area contributed by atoms with Gasteiger partial charge in [-0.05, 0) is 55.6 Å². The van der Waals surface area contributed by atoms with Gasteiger partial charge in [-0.1, -0.05) is 42.1 Å². The number of allylic oxidation sites excluding steroid dienone is 2. The van der Waals surface area contributed by atoms with Gasteiger partial charge in [-0.15, -0.1) is 0 Å². The monoisotopic (exact) mass is 393 g/mol. The van der Waals surface area contributed by atoms with Crippen LogP contribution in [0.15, 0.2) is 82.4 Å². The Balaban J connectivity index is 1.66. The quantitative estimate of drug-likeness (QED) is 0.561. The molecular formula is C21H19N3OS2. The van der Waals surface area contributed by atoms with E-state index in [1.165, 1.54) is 10.6 Å². The van der Waals surface area contributed by atoms with Crippen LogP contribution in [-0.2, 0) is 4.79 Å². The van der Waals surface area contributed by atoms with Gasteiger partial charge in [0.2, 0.25) is 0 Å². The molecule has 2 heterocycles. The molecule has 0 radical (unpaired) electrons. The van der Waals surface area contributed by atoms with Gasteiger partial charge in [0.25, 0.3) is 5.91 Å². The molecule has 6 heteroatoms. The molecule has 0 N–H and O–H groups in total. The number of para-hydroxylation sites is 2. The van der Waals surface area contributed by atoms with Crippen LogP contribution in [0.4, 0.5) is 11.4 Å². The SMILES string of the molecule is CCN1C(=CC=C2C(=O)N(c3ccccc3)C(=S)N2C)Sc2ccccc21. The van der Waals surface area contributed by atoms with E-state index in [-0.39, 0.29) is 5.91 Å². The first-order chi connectivity index (χ1) is 13.1. The molecule has 2 aliphatic heterocycles. The van der Waals surface area contributed by atoms with Crippen LogP contribution in [0.5, 0.6) is 0 Å². The molecule has 0 aliphatic carbocycles. The highest BCUT2D eigenvalue weighted by molar-refractivity contribution is 8.03.